The molecule has 1 aliphatic rings. The second-order valence-electron chi connectivity index (χ2n) is 6.73. The van der Waals surface area contributed by atoms with Gasteiger partial charge in [0.15, 0.2) is 5.76 Å². The molecule has 4 rings (SSSR count). The maximum Gasteiger partial charge on any atom is 0.294 e. The van der Waals surface area contributed by atoms with Gasteiger partial charge in [0.25, 0.3) is 5.91 Å². The van der Waals surface area contributed by atoms with E-state index in [-0.39, 0.29) is 5.76 Å². The number of rotatable bonds is 3. The molecule has 0 bridgehead atoms. The molecule has 0 saturated carbocycles. The third-order valence-electron chi connectivity index (χ3n) is 4.86. The summed E-state index contributed by atoms with van der Waals surface area (Å²) in [5.41, 5.74) is 3.63. The molecule has 5 heteroatoms. The Morgan fingerprint density at radius 2 is 1.54 bits per heavy atom. The van der Waals surface area contributed by atoms with E-state index in [1.54, 1.807) is 12.1 Å². The largest absolute Gasteiger partial charge is 0.503 e. The van der Waals surface area contributed by atoms with E-state index in [2.05, 4.69) is 0 Å². The number of aliphatic hydroxyl groups excluding tert-OH is 1. The summed E-state index contributed by atoms with van der Waals surface area (Å²) >= 11 is 6.03. The summed E-state index contributed by atoms with van der Waals surface area (Å²) < 4.78 is 13.4. The van der Waals surface area contributed by atoms with Crippen LogP contribution in [0.1, 0.15) is 22.7 Å². The topological polar surface area (TPSA) is 40.5 Å². The van der Waals surface area contributed by atoms with E-state index in [0.29, 0.717) is 16.3 Å². The van der Waals surface area contributed by atoms with Crippen LogP contribution in [0.4, 0.5) is 10.1 Å². The molecule has 1 aliphatic heterocycles. The molecule has 1 N–H and O–H groups in total. The Kier molecular flexibility index (Phi) is 4.65. The van der Waals surface area contributed by atoms with Crippen LogP contribution in [0.2, 0.25) is 5.02 Å². The van der Waals surface area contributed by atoms with Gasteiger partial charge in [-0.3, -0.25) is 9.69 Å². The molecule has 3 aromatic carbocycles. The molecular formula is C23H17ClFNO2. The van der Waals surface area contributed by atoms with Crippen molar-refractivity contribution in [1.29, 1.82) is 0 Å². The normalized spacial score (nSPS) is 16.8. The molecule has 0 saturated heterocycles. The van der Waals surface area contributed by atoms with Crippen molar-refractivity contribution in [3.05, 3.63) is 106 Å². The smallest absolute Gasteiger partial charge is 0.294 e. The lowest BCUT2D eigenvalue weighted by atomic mass is 9.93. The molecule has 3 nitrogen and oxygen atoms in total. The van der Waals surface area contributed by atoms with Crippen LogP contribution in [-0.2, 0) is 4.79 Å². The van der Waals surface area contributed by atoms with Crippen LogP contribution in [0.15, 0.2) is 78.6 Å². The highest BCUT2D eigenvalue weighted by atomic mass is 35.5. The molecule has 0 aromatic heterocycles. The molecule has 1 amide bonds. The molecule has 0 radical (unpaired) electrons. The van der Waals surface area contributed by atoms with E-state index in [1.165, 1.54) is 29.2 Å². The first-order chi connectivity index (χ1) is 13.5. The van der Waals surface area contributed by atoms with Gasteiger partial charge in [-0.2, -0.15) is 0 Å². The van der Waals surface area contributed by atoms with E-state index < -0.39 is 17.8 Å². The van der Waals surface area contributed by atoms with E-state index >= 15 is 0 Å². The third-order valence-corrected chi connectivity index (χ3v) is 5.11. The van der Waals surface area contributed by atoms with Gasteiger partial charge in [-0.15, -0.1) is 0 Å². The predicted molar refractivity (Wildman–Crippen MR) is 109 cm³/mol. The fourth-order valence-corrected chi connectivity index (χ4v) is 3.59. The van der Waals surface area contributed by atoms with Gasteiger partial charge in [-0.05, 0) is 54.4 Å². The standard InChI is InChI=1S/C23H17ClFNO2/c1-14-2-4-15(5-3-14)20-21(16-6-8-17(24)9-7-16)26(23(28)22(20)27)19-12-10-18(25)11-13-19/h2-13,21,27H,1H3/t21-/m0/s1. The van der Waals surface area contributed by atoms with Crippen molar-refractivity contribution in [2.75, 3.05) is 4.90 Å². The Labute approximate surface area is 167 Å². The molecule has 1 atom stereocenters. The summed E-state index contributed by atoms with van der Waals surface area (Å²) in [6.45, 7) is 1.97. The highest BCUT2D eigenvalue weighted by Crippen LogP contribution is 2.45. The molecule has 0 unspecified atom stereocenters. The van der Waals surface area contributed by atoms with Gasteiger partial charge in [0.1, 0.15) is 5.82 Å². The van der Waals surface area contributed by atoms with Crippen LogP contribution in [0, 0.1) is 12.7 Å². The number of anilines is 1. The minimum Gasteiger partial charge on any atom is -0.503 e. The summed E-state index contributed by atoms with van der Waals surface area (Å²) in [5, 5.41) is 11.3. The Morgan fingerprint density at radius 3 is 2.14 bits per heavy atom. The monoisotopic (exact) mass is 393 g/mol. The van der Waals surface area contributed by atoms with Crippen molar-refractivity contribution in [3.8, 4) is 0 Å². The molecule has 3 aromatic rings. The quantitative estimate of drug-likeness (QED) is 0.606. The van der Waals surface area contributed by atoms with Gasteiger partial charge in [0, 0.05) is 16.3 Å². The summed E-state index contributed by atoms with van der Waals surface area (Å²) in [7, 11) is 0. The van der Waals surface area contributed by atoms with Gasteiger partial charge < -0.3 is 5.11 Å². The van der Waals surface area contributed by atoms with Crippen LogP contribution >= 0.6 is 11.6 Å². The number of halogens is 2. The van der Waals surface area contributed by atoms with Gasteiger partial charge in [-0.25, -0.2) is 4.39 Å². The molecular weight excluding hydrogens is 377 g/mol. The van der Waals surface area contributed by atoms with Crippen molar-refractivity contribution in [1.82, 2.24) is 0 Å². The lowest BCUT2D eigenvalue weighted by Crippen LogP contribution is -2.30. The van der Waals surface area contributed by atoms with E-state index in [0.717, 1.165) is 16.7 Å². The number of nitrogens with zero attached hydrogens (tertiary/aromatic N) is 1. The van der Waals surface area contributed by atoms with Gasteiger partial charge in [-0.1, -0.05) is 53.6 Å². The maximum absolute atomic E-state index is 13.4. The fourth-order valence-electron chi connectivity index (χ4n) is 3.46. The lowest BCUT2D eigenvalue weighted by molar-refractivity contribution is -0.117. The second-order valence-corrected chi connectivity index (χ2v) is 7.17. The molecule has 1 heterocycles. The zero-order valence-corrected chi connectivity index (χ0v) is 15.8. The predicted octanol–water partition coefficient (Wildman–Crippen LogP) is 5.84. The minimum atomic E-state index is -0.557. The second kappa shape index (κ2) is 7.13. The number of carbonyl (C=O) groups is 1. The van der Waals surface area contributed by atoms with Crippen molar-refractivity contribution >= 4 is 28.8 Å². The first kappa shape index (κ1) is 18.3. The van der Waals surface area contributed by atoms with Gasteiger partial charge in [0.2, 0.25) is 0 Å². The summed E-state index contributed by atoms with van der Waals surface area (Å²) in [6.07, 6.45) is 0. The summed E-state index contributed by atoms with van der Waals surface area (Å²) in [4.78, 5) is 14.5. The van der Waals surface area contributed by atoms with E-state index in [4.69, 9.17) is 11.6 Å². The number of hydrogen-bond acceptors (Lipinski definition) is 2. The molecule has 0 aliphatic carbocycles. The number of aryl methyl sites for hydroxylation is 1. The van der Waals surface area contributed by atoms with Crippen molar-refractivity contribution in [2.24, 2.45) is 0 Å². The lowest BCUT2D eigenvalue weighted by Gasteiger charge is -2.27. The van der Waals surface area contributed by atoms with Gasteiger partial charge >= 0.3 is 0 Å². The number of benzene rings is 3. The summed E-state index contributed by atoms with van der Waals surface area (Å²) in [5.74, 6) is -1.23. The highest BCUT2D eigenvalue weighted by Gasteiger charge is 2.41. The van der Waals surface area contributed by atoms with Gasteiger partial charge in [0.05, 0.1) is 6.04 Å². The van der Waals surface area contributed by atoms with Crippen LogP contribution in [-0.4, -0.2) is 11.0 Å². The van der Waals surface area contributed by atoms with Crippen LogP contribution in [0.3, 0.4) is 0 Å². The van der Waals surface area contributed by atoms with Crippen molar-refractivity contribution < 1.29 is 14.3 Å². The first-order valence-corrected chi connectivity index (χ1v) is 9.18. The minimum absolute atomic E-state index is 0.312. The van der Waals surface area contributed by atoms with Crippen LogP contribution in [0.25, 0.3) is 5.57 Å². The maximum atomic E-state index is 13.4. The van der Waals surface area contributed by atoms with E-state index in [9.17, 15) is 14.3 Å². The zero-order valence-electron chi connectivity index (χ0n) is 15.1. The first-order valence-electron chi connectivity index (χ1n) is 8.80. The zero-order chi connectivity index (χ0) is 19.8. The molecule has 0 spiro atoms. The SMILES string of the molecule is Cc1ccc(C2=C(O)C(=O)N(c3ccc(F)cc3)[C@H]2c2ccc(Cl)cc2)cc1. The molecule has 140 valence electrons. The number of carbonyl (C=O) groups excluding carboxylic acids is 1. The molecule has 28 heavy (non-hydrogen) atoms. The Bertz CT molecular complexity index is 1060. The summed E-state index contributed by atoms with van der Waals surface area (Å²) in [6, 6.07) is 19.8. The number of amides is 1. The Balaban J connectivity index is 1.90. The average molecular weight is 394 g/mol. The van der Waals surface area contributed by atoms with Crippen molar-refractivity contribution in [3.63, 3.8) is 0 Å². The number of hydrogen-bond donors (Lipinski definition) is 1. The number of aliphatic hydroxyl groups is 1. The Hall–Kier alpha value is -3.11. The Morgan fingerprint density at radius 1 is 0.929 bits per heavy atom. The fraction of sp³-hybridized carbons (Fsp3) is 0.0870. The highest BCUT2D eigenvalue weighted by molar-refractivity contribution is 6.30. The molecule has 0 fully saturated rings. The van der Waals surface area contributed by atoms with Crippen molar-refractivity contribution in [2.45, 2.75) is 13.0 Å². The third kappa shape index (κ3) is 3.16. The van der Waals surface area contributed by atoms with Crippen LogP contribution in [0.5, 0.6) is 0 Å². The van der Waals surface area contributed by atoms with E-state index in [1.807, 2.05) is 43.3 Å². The van der Waals surface area contributed by atoms with Crippen LogP contribution < -0.4 is 4.90 Å². The average Bonchev–Trinajstić information content (AvgIpc) is 2.95.